The lowest BCUT2D eigenvalue weighted by Crippen LogP contribution is -2.19. The highest BCUT2D eigenvalue weighted by Gasteiger charge is 2.31. The van der Waals surface area contributed by atoms with Crippen LogP contribution in [-0.4, -0.2) is 20.2 Å². The molecule has 0 aromatic heterocycles. The van der Waals surface area contributed by atoms with Gasteiger partial charge in [-0.2, -0.15) is 13.2 Å². The Morgan fingerprint density at radius 3 is 2.16 bits per heavy atom. The zero-order chi connectivity index (χ0) is 23.5. The highest BCUT2D eigenvalue weighted by atomic mass is 32.2. The molecule has 166 valence electrons. The summed E-state index contributed by atoms with van der Waals surface area (Å²) in [5, 5.41) is 2.54. The quantitative estimate of drug-likeness (QED) is 0.514. The standard InChI is InChI=1S/C21H16F3N3O4S/c22-21(23,24)14-4-3-5-16(12-14)32(30,31)27-18-7-2-1-6-17(18)20(29)26-15-10-8-13(9-11-15)19(25)28/h1-12,27H,(H2,25,28)(H,26,29). The van der Waals surface area contributed by atoms with Gasteiger partial charge in [0.1, 0.15) is 0 Å². The first-order valence-corrected chi connectivity index (χ1v) is 10.5. The maximum Gasteiger partial charge on any atom is 0.416 e. The van der Waals surface area contributed by atoms with Gasteiger partial charge in [-0.15, -0.1) is 0 Å². The van der Waals surface area contributed by atoms with Crippen molar-refractivity contribution in [1.82, 2.24) is 0 Å². The van der Waals surface area contributed by atoms with Crippen molar-refractivity contribution in [3.8, 4) is 0 Å². The molecule has 0 atom stereocenters. The summed E-state index contributed by atoms with van der Waals surface area (Å²) in [6.07, 6.45) is -4.71. The summed E-state index contributed by atoms with van der Waals surface area (Å²) in [5.41, 5.74) is 4.40. The van der Waals surface area contributed by atoms with Crippen LogP contribution in [0.3, 0.4) is 0 Å². The molecule has 0 fully saturated rings. The molecular formula is C21H16F3N3O4S. The van der Waals surface area contributed by atoms with Crippen LogP contribution in [-0.2, 0) is 16.2 Å². The number of rotatable bonds is 6. The van der Waals surface area contributed by atoms with Gasteiger partial charge in [0.25, 0.3) is 15.9 Å². The molecule has 0 heterocycles. The van der Waals surface area contributed by atoms with Crippen LogP contribution in [0.15, 0.2) is 77.7 Å². The van der Waals surface area contributed by atoms with E-state index in [2.05, 4.69) is 10.0 Å². The summed E-state index contributed by atoms with van der Waals surface area (Å²) in [6.45, 7) is 0. The number of hydrogen-bond acceptors (Lipinski definition) is 4. The van der Waals surface area contributed by atoms with E-state index in [0.717, 1.165) is 18.2 Å². The molecule has 0 spiro atoms. The van der Waals surface area contributed by atoms with Crippen LogP contribution in [0.25, 0.3) is 0 Å². The average Bonchev–Trinajstić information content (AvgIpc) is 2.73. The lowest BCUT2D eigenvalue weighted by atomic mass is 10.1. The predicted molar refractivity (Wildman–Crippen MR) is 112 cm³/mol. The molecular weight excluding hydrogens is 447 g/mol. The number of anilines is 2. The second kappa shape index (κ2) is 8.71. The van der Waals surface area contributed by atoms with Crippen LogP contribution in [0.5, 0.6) is 0 Å². The number of para-hydroxylation sites is 1. The largest absolute Gasteiger partial charge is 0.416 e. The van der Waals surface area contributed by atoms with Gasteiger partial charge in [0.05, 0.1) is 21.7 Å². The van der Waals surface area contributed by atoms with Gasteiger partial charge in [-0.25, -0.2) is 8.42 Å². The fourth-order valence-corrected chi connectivity index (χ4v) is 3.85. The second-order valence-electron chi connectivity index (χ2n) is 6.57. The molecule has 32 heavy (non-hydrogen) atoms. The van der Waals surface area contributed by atoms with Crippen molar-refractivity contribution in [3.05, 3.63) is 89.5 Å². The van der Waals surface area contributed by atoms with Crippen molar-refractivity contribution in [2.75, 3.05) is 10.0 Å². The van der Waals surface area contributed by atoms with Crippen LogP contribution in [0.4, 0.5) is 24.5 Å². The van der Waals surface area contributed by atoms with Crippen LogP contribution in [0.1, 0.15) is 26.3 Å². The number of halogens is 3. The first-order chi connectivity index (χ1) is 15.0. The Hall–Kier alpha value is -3.86. The number of nitrogens with one attached hydrogen (secondary N) is 2. The maximum atomic E-state index is 12.9. The number of carbonyl (C=O) groups excluding carboxylic acids is 2. The van der Waals surface area contributed by atoms with Crippen molar-refractivity contribution < 1.29 is 31.2 Å². The molecule has 3 aromatic rings. The molecule has 0 aliphatic carbocycles. The van der Waals surface area contributed by atoms with E-state index < -0.39 is 38.5 Å². The Morgan fingerprint density at radius 1 is 0.875 bits per heavy atom. The second-order valence-corrected chi connectivity index (χ2v) is 8.25. The van der Waals surface area contributed by atoms with Crippen molar-refractivity contribution in [1.29, 1.82) is 0 Å². The van der Waals surface area contributed by atoms with Gasteiger partial charge in [0.2, 0.25) is 5.91 Å². The van der Waals surface area contributed by atoms with Crippen LogP contribution in [0, 0.1) is 0 Å². The smallest absolute Gasteiger partial charge is 0.366 e. The van der Waals surface area contributed by atoms with E-state index >= 15 is 0 Å². The normalized spacial score (nSPS) is 11.6. The minimum atomic E-state index is -4.71. The summed E-state index contributed by atoms with van der Waals surface area (Å²) >= 11 is 0. The van der Waals surface area contributed by atoms with Gasteiger partial charge >= 0.3 is 6.18 Å². The predicted octanol–water partition coefficient (Wildman–Crippen LogP) is 3.86. The Bertz CT molecular complexity index is 1270. The number of primary amides is 1. The van der Waals surface area contributed by atoms with Crippen molar-refractivity contribution >= 4 is 33.2 Å². The van der Waals surface area contributed by atoms with E-state index in [9.17, 15) is 31.2 Å². The topological polar surface area (TPSA) is 118 Å². The number of nitrogens with two attached hydrogens (primary N) is 1. The number of benzene rings is 3. The average molecular weight is 463 g/mol. The molecule has 0 bridgehead atoms. The first kappa shape index (κ1) is 22.8. The summed E-state index contributed by atoms with van der Waals surface area (Å²) < 4.78 is 66.3. The molecule has 0 saturated heterocycles. The van der Waals surface area contributed by atoms with Crippen LogP contribution in [0.2, 0.25) is 0 Å². The third kappa shape index (κ3) is 5.24. The molecule has 7 nitrogen and oxygen atoms in total. The van der Waals surface area contributed by atoms with Gasteiger partial charge in [-0.05, 0) is 54.6 Å². The number of alkyl halides is 3. The van der Waals surface area contributed by atoms with E-state index in [1.165, 1.54) is 48.5 Å². The van der Waals surface area contributed by atoms with E-state index in [-0.39, 0.29) is 16.8 Å². The summed E-state index contributed by atoms with van der Waals surface area (Å²) in [7, 11) is -4.42. The van der Waals surface area contributed by atoms with Gasteiger partial charge in [0, 0.05) is 11.3 Å². The Kier molecular flexibility index (Phi) is 6.21. The van der Waals surface area contributed by atoms with Crippen LogP contribution >= 0.6 is 0 Å². The molecule has 2 amide bonds. The molecule has 0 radical (unpaired) electrons. The summed E-state index contributed by atoms with van der Waals surface area (Å²) in [6, 6.07) is 14.5. The summed E-state index contributed by atoms with van der Waals surface area (Å²) in [5.74, 6) is -1.32. The molecule has 0 aliphatic heterocycles. The minimum absolute atomic E-state index is 0.0676. The number of carbonyl (C=O) groups is 2. The third-order valence-electron chi connectivity index (χ3n) is 4.31. The third-order valence-corrected chi connectivity index (χ3v) is 5.68. The lowest BCUT2D eigenvalue weighted by Gasteiger charge is -2.14. The van der Waals surface area contributed by atoms with E-state index in [4.69, 9.17) is 5.73 Å². The number of hydrogen-bond donors (Lipinski definition) is 3. The Balaban J connectivity index is 1.86. The first-order valence-electron chi connectivity index (χ1n) is 8.98. The Morgan fingerprint density at radius 2 is 1.53 bits per heavy atom. The maximum absolute atomic E-state index is 12.9. The monoisotopic (exact) mass is 463 g/mol. The molecule has 11 heteroatoms. The molecule has 3 aromatic carbocycles. The Labute approximate surface area is 181 Å². The zero-order valence-corrected chi connectivity index (χ0v) is 17.0. The van der Waals surface area contributed by atoms with Crippen molar-refractivity contribution in [2.45, 2.75) is 11.1 Å². The molecule has 0 saturated carbocycles. The number of amides is 2. The minimum Gasteiger partial charge on any atom is -0.366 e. The van der Waals surface area contributed by atoms with E-state index in [0.29, 0.717) is 11.8 Å². The van der Waals surface area contributed by atoms with E-state index in [1.54, 1.807) is 0 Å². The highest BCUT2D eigenvalue weighted by Crippen LogP contribution is 2.31. The number of sulfonamides is 1. The molecule has 4 N–H and O–H groups in total. The van der Waals surface area contributed by atoms with Crippen molar-refractivity contribution in [2.24, 2.45) is 5.73 Å². The SMILES string of the molecule is NC(=O)c1ccc(NC(=O)c2ccccc2NS(=O)(=O)c2cccc(C(F)(F)F)c2)cc1. The zero-order valence-electron chi connectivity index (χ0n) is 16.2. The molecule has 0 unspecified atom stereocenters. The summed E-state index contributed by atoms with van der Waals surface area (Å²) in [4.78, 5) is 23.2. The van der Waals surface area contributed by atoms with E-state index in [1.807, 2.05) is 0 Å². The highest BCUT2D eigenvalue weighted by molar-refractivity contribution is 7.92. The van der Waals surface area contributed by atoms with Gasteiger partial charge in [-0.3, -0.25) is 14.3 Å². The van der Waals surface area contributed by atoms with Gasteiger partial charge < -0.3 is 11.1 Å². The fraction of sp³-hybridized carbons (Fsp3) is 0.0476. The lowest BCUT2D eigenvalue weighted by molar-refractivity contribution is -0.137. The van der Waals surface area contributed by atoms with Crippen molar-refractivity contribution in [3.63, 3.8) is 0 Å². The van der Waals surface area contributed by atoms with Crippen LogP contribution < -0.4 is 15.8 Å². The molecule has 3 rings (SSSR count). The van der Waals surface area contributed by atoms with Gasteiger partial charge in [-0.1, -0.05) is 18.2 Å². The fourth-order valence-electron chi connectivity index (χ4n) is 2.73. The molecule has 0 aliphatic rings. The van der Waals surface area contributed by atoms with Gasteiger partial charge in [0.15, 0.2) is 0 Å².